The normalized spacial score (nSPS) is 12.7. The van der Waals surface area contributed by atoms with Crippen molar-refractivity contribution in [2.45, 2.75) is 19.4 Å². The lowest BCUT2D eigenvalue weighted by Gasteiger charge is -2.00. The third-order valence-corrected chi connectivity index (χ3v) is 0.917. The standard InChI is InChI=1S/C5H9NO3/c1-3(7)4(6)2-5(8)9/h4H,2,6H2,1H3,(H,8,9)/t4-/m0/s1/i2+1,3+1,4+1,5+1. The highest BCUT2D eigenvalue weighted by Gasteiger charge is 2.11. The number of Topliss-reactive ketones (excluding diaryl/α,β-unsaturated/α-hetero) is 1. The first-order valence-corrected chi connectivity index (χ1v) is 2.52. The molecule has 0 saturated heterocycles. The van der Waals surface area contributed by atoms with Crippen LogP contribution in [0.2, 0.25) is 0 Å². The van der Waals surface area contributed by atoms with Gasteiger partial charge in [-0.25, -0.2) is 0 Å². The second kappa shape index (κ2) is 3.19. The van der Waals surface area contributed by atoms with Gasteiger partial charge >= 0.3 is 5.97 Å². The van der Waals surface area contributed by atoms with E-state index in [1.807, 2.05) is 0 Å². The molecule has 0 aliphatic heterocycles. The molecule has 0 bridgehead atoms. The lowest BCUT2D eigenvalue weighted by molar-refractivity contribution is -0.138. The van der Waals surface area contributed by atoms with Crippen molar-refractivity contribution in [3.05, 3.63) is 0 Å². The predicted molar refractivity (Wildman–Crippen MR) is 30.9 cm³/mol. The Balaban J connectivity index is 3.63. The topological polar surface area (TPSA) is 80.4 Å². The molecule has 0 aliphatic carbocycles. The van der Waals surface area contributed by atoms with Crippen LogP contribution in [0.4, 0.5) is 0 Å². The van der Waals surface area contributed by atoms with Gasteiger partial charge in [0.1, 0.15) is 5.78 Å². The first kappa shape index (κ1) is 8.10. The van der Waals surface area contributed by atoms with Gasteiger partial charge in [0.25, 0.3) is 0 Å². The molecular weight excluding hydrogens is 126 g/mol. The fourth-order valence-electron chi connectivity index (χ4n) is 0.332. The fourth-order valence-corrected chi connectivity index (χ4v) is 0.332. The second-order valence-corrected chi connectivity index (χ2v) is 1.82. The summed E-state index contributed by atoms with van der Waals surface area (Å²) in [5, 5.41) is 8.10. The minimum Gasteiger partial charge on any atom is -0.481 e. The summed E-state index contributed by atoms with van der Waals surface area (Å²) in [4.78, 5) is 20.2. The minimum atomic E-state index is -1.04. The Morgan fingerprint density at radius 3 is 2.22 bits per heavy atom. The molecule has 3 N–H and O–H groups in total. The molecule has 0 radical (unpaired) electrons. The van der Waals surface area contributed by atoms with Crippen LogP contribution in [-0.2, 0) is 9.59 Å². The Hall–Kier alpha value is -0.900. The van der Waals surface area contributed by atoms with E-state index in [1.54, 1.807) is 0 Å². The number of nitrogens with two attached hydrogens (primary N) is 1. The Morgan fingerprint density at radius 2 is 2.11 bits per heavy atom. The van der Waals surface area contributed by atoms with Crippen LogP contribution in [-0.4, -0.2) is 22.9 Å². The zero-order valence-corrected chi connectivity index (χ0v) is 5.13. The summed E-state index contributed by atoms with van der Waals surface area (Å²) in [5.41, 5.74) is 5.09. The molecule has 0 aliphatic rings. The maximum absolute atomic E-state index is 10.3. The second-order valence-electron chi connectivity index (χ2n) is 1.82. The molecule has 1 atom stereocenters. The van der Waals surface area contributed by atoms with Gasteiger partial charge in [-0.05, 0) is 6.92 Å². The number of rotatable bonds is 3. The van der Waals surface area contributed by atoms with Gasteiger partial charge in [0.05, 0.1) is 12.5 Å². The van der Waals surface area contributed by atoms with E-state index in [4.69, 9.17) is 10.8 Å². The number of hydrogen-bond donors (Lipinski definition) is 2. The molecule has 4 heteroatoms. The van der Waals surface area contributed by atoms with Gasteiger partial charge in [-0.3, -0.25) is 9.59 Å². The molecule has 0 aromatic carbocycles. The maximum atomic E-state index is 10.3. The van der Waals surface area contributed by atoms with Gasteiger partial charge in [-0.2, -0.15) is 0 Å². The summed E-state index contributed by atoms with van der Waals surface area (Å²) in [5.74, 6) is -1.34. The smallest absolute Gasteiger partial charge is 0.305 e. The molecule has 0 aromatic rings. The molecular formula is C5H9NO3. The highest BCUT2D eigenvalue weighted by molar-refractivity contribution is 5.85. The van der Waals surface area contributed by atoms with E-state index >= 15 is 0 Å². The van der Waals surface area contributed by atoms with Crippen LogP contribution in [0.5, 0.6) is 0 Å². The van der Waals surface area contributed by atoms with Crippen LogP contribution < -0.4 is 5.73 Å². The molecule has 0 amide bonds. The number of hydrogen-bond acceptors (Lipinski definition) is 3. The molecule has 4 nitrogen and oxygen atoms in total. The first-order valence-electron chi connectivity index (χ1n) is 2.52. The highest BCUT2D eigenvalue weighted by atomic mass is 16.5. The third-order valence-electron chi connectivity index (χ3n) is 0.917. The highest BCUT2D eigenvalue weighted by Crippen LogP contribution is 1.87. The molecule has 0 aromatic heterocycles. The van der Waals surface area contributed by atoms with Crippen LogP contribution in [0.3, 0.4) is 0 Å². The molecule has 0 spiro atoms. The van der Waals surface area contributed by atoms with Crippen LogP contribution >= 0.6 is 0 Å². The van der Waals surface area contributed by atoms with Crippen LogP contribution in [0.25, 0.3) is 0 Å². The summed E-state index contributed by atoms with van der Waals surface area (Å²) in [7, 11) is 0. The van der Waals surface area contributed by atoms with E-state index in [0.29, 0.717) is 0 Å². The Labute approximate surface area is 52.7 Å². The van der Waals surface area contributed by atoms with E-state index in [-0.39, 0.29) is 12.2 Å². The van der Waals surface area contributed by atoms with Gasteiger partial charge in [0.15, 0.2) is 0 Å². The number of carboxylic acid groups (broad SMARTS) is 1. The number of ketones is 1. The first-order chi connectivity index (χ1) is 4.04. The molecule has 0 fully saturated rings. The van der Waals surface area contributed by atoms with Gasteiger partial charge in [-0.15, -0.1) is 0 Å². The Bertz CT molecular complexity index is 132. The van der Waals surface area contributed by atoms with Crippen molar-refractivity contribution < 1.29 is 14.7 Å². The summed E-state index contributed by atoms with van der Waals surface area (Å²) >= 11 is 0. The average molecular weight is 135 g/mol. The third kappa shape index (κ3) is 3.66. The Morgan fingerprint density at radius 1 is 1.67 bits per heavy atom. The summed E-state index contributed by atoms with van der Waals surface area (Å²) < 4.78 is 0. The molecule has 0 unspecified atom stereocenters. The quantitative estimate of drug-likeness (QED) is 0.505. The zero-order valence-electron chi connectivity index (χ0n) is 5.13. The van der Waals surface area contributed by atoms with E-state index in [2.05, 4.69) is 0 Å². The van der Waals surface area contributed by atoms with Crippen molar-refractivity contribution >= 4 is 11.8 Å². The maximum Gasteiger partial charge on any atom is 0.305 e. The number of aliphatic carboxylic acids is 1. The fraction of sp³-hybridized carbons (Fsp3) is 0.600. The molecule has 52 valence electrons. The average Bonchev–Trinajstić information content (AvgIpc) is 1.63. The molecule has 9 heavy (non-hydrogen) atoms. The van der Waals surface area contributed by atoms with E-state index in [1.165, 1.54) is 6.92 Å². The van der Waals surface area contributed by atoms with Crippen LogP contribution in [0.1, 0.15) is 13.3 Å². The molecule has 0 rings (SSSR count). The lowest BCUT2D eigenvalue weighted by Crippen LogP contribution is -2.30. The van der Waals surface area contributed by atoms with Crippen molar-refractivity contribution in [2.24, 2.45) is 5.73 Å². The monoisotopic (exact) mass is 135 g/mol. The summed E-state index contributed by atoms with van der Waals surface area (Å²) in [6.07, 6.45) is -0.282. The largest absolute Gasteiger partial charge is 0.481 e. The van der Waals surface area contributed by atoms with E-state index in [0.717, 1.165) is 0 Å². The minimum absolute atomic E-state index is 0.282. The van der Waals surface area contributed by atoms with Crippen molar-refractivity contribution in [2.75, 3.05) is 0 Å². The van der Waals surface area contributed by atoms with E-state index < -0.39 is 12.0 Å². The zero-order chi connectivity index (χ0) is 7.44. The predicted octanol–water partition coefficient (Wildman–Crippen LogP) is -0.623. The number of carbonyl (C=O) groups excluding carboxylic acids is 1. The van der Waals surface area contributed by atoms with Crippen LogP contribution in [0, 0.1) is 0 Å². The van der Waals surface area contributed by atoms with Crippen molar-refractivity contribution in [1.82, 2.24) is 0 Å². The van der Waals surface area contributed by atoms with Crippen molar-refractivity contribution in [3.8, 4) is 0 Å². The van der Waals surface area contributed by atoms with Gasteiger partial charge in [0.2, 0.25) is 0 Å². The Kier molecular flexibility index (Phi) is 2.87. The SMILES string of the molecule is C[13C](=O)[13C@@H](N)[13CH2][13C](=O)O. The van der Waals surface area contributed by atoms with Gasteiger partial charge in [-0.1, -0.05) is 0 Å². The number of carbonyl (C=O) groups is 2. The van der Waals surface area contributed by atoms with E-state index in [9.17, 15) is 9.59 Å². The molecule has 0 saturated carbocycles. The van der Waals surface area contributed by atoms with Crippen molar-refractivity contribution in [1.29, 1.82) is 0 Å². The molecule has 0 heterocycles. The van der Waals surface area contributed by atoms with Crippen molar-refractivity contribution in [3.63, 3.8) is 0 Å². The van der Waals surface area contributed by atoms with Gasteiger partial charge in [0, 0.05) is 0 Å². The summed E-state index contributed by atoms with van der Waals surface area (Å²) in [6.45, 7) is 1.27. The number of carboxylic acids is 1. The summed E-state index contributed by atoms with van der Waals surface area (Å²) in [6, 6.07) is -0.845. The van der Waals surface area contributed by atoms with Gasteiger partial charge < -0.3 is 10.8 Å². The lowest BCUT2D eigenvalue weighted by atomic mass is 11.0. The van der Waals surface area contributed by atoms with Crippen LogP contribution in [0.15, 0.2) is 0 Å².